The molecule has 0 amide bonds. The molecule has 0 bridgehead atoms. The standard InChI is InChI=1S/C23H26N2O2S/c26-28(27)17-16-25-15-4-8-21(22(25)24-28)18-9-11-20(12-10-18)23(13-5-14-23)19-6-2-1-3-7-19/h1-3,6-7,9-12,21H,4-5,8,13-17H2. The van der Waals surface area contributed by atoms with Crippen LogP contribution in [0, 0.1) is 0 Å². The minimum absolute atomic E-state index is 0.0898. The summed E-state index contributed by atoms with van der Waals surface area (Å²) in [7, 11) is -3.31. The number of hydrogen-bond donors (Lipinski definition) is 0. The predicted molar refractivity (Wildman–Crippen MR) is 112 cm³/mol. The molecule has 146 valence electrons. The van der Waals surface area contributed by atoms with Crippen LogP contribution in [0.5, 0.6) is 0 Å². The molecule has 5 rings (SSSR count). The van der Waals surface area contributed by atoms with Gasteiger partial charge in [-0.05, 0) is 42.4 Å². The Kier molecular flexibility index (Phi) is 4.31. The van der Waals surface area contributed by atoms with Gasteiger partial charge in [0.05, 0.1) is 5.75 Å². The second-order valence-electron chi connectivity index (χ2n) is 8.34. The van der Waals surface area contributed by atoms with E-state index in [0.29, 0.717) is 6.54 Å². The summed E-state index contributed by atoms with van der Waals surface area (Å²) >= 11 is 0. The lowest BCUT2D eigenvalue weighted by molar-refractivity contribution is 0.301. The van der Waals surface area contributed by atoms with E-state index in [1.165, 1.54) is 36.0 Å². The van der Waals surface area contributed by atoms with E-state index >= 15 is 0 Å². The molecule has 2 fully saturated rings. The number of amidine groups is 1. The van der Waals surface area contributed by atoms with Crippen molar-refractivity contribution >= 4 is 15.9 Å². The van der Waals surface area contributed by atoms with Crippen LogP contribution in [-0.2, 0) is 15.4 Å². The molecule has 1 atom stereocenters. The predicted octanol–water partition coefficient (Wildman–Crippen LogP) is 4.08. The number of hydrogen-bond acceptors (Lipinski definition) is 3. The Balaban J connectivity index is 1.48. The van der Waals surface area contributed by atoms with Crippen LogP contribution in [0.3, 0.4) is 0 Å². The minimum Gasteiger partial charge on any atom is -0.358 e. The third-order valence-corrected chi connectivity index (χ3v) is 7.97. The normalized spacial score (nSPS) is 25.4. The highest BCUT2D eigenvalue weighted by Crippen LogP contribution is 2.49. The fourth-order valence-electron chi connectivity index (χ4n) is 5.09. The third-order valence-electron chi connectivity index (χ3n) is 6.81. The first-order chi connectivity index (χ1) is 13.6. The molecule has 1 unspecified atom stereocenters. The van der Waals surface area contributed by atoms with E-state index < -0.39 is 10.0 Å². The van der Waals surface area contributed by atoms with Crippen LogP contribution < -0.4 is 0 Å². The molecule has 1 aliphatic carbocycles. The Morgan fingerprint density at radius 3 is 2.29 bits per heavy atom. The molecule has 0 radical (unpaired) electrons. The average molecular weight is 395 g/mol. The van der Waals surface area contributed by atoms with Gasteiger partial charge in [-0.1, -0.05) is 61.0 Å². The van der Waals surface area contributed by atoms with Gasteiger partial charge in [0.1, 0.15) is 5.84 Å². The summed E-state index contributed by atoms with van der Waals surface area (Å²) in [5.41, 5.74) is 4.11. The largest absolute Gasteiger partial charge is 0.358 e. The van der Waals surface area contributed by atoms with Crippen LogP contribution in [0.4, 0.5) is 0 Å². The molecule has 0 N–H and O–H groups in total. The average Bonchev–Trinajstić information content (AvgIpc) is 2.68. The number of rotatable bonds is 3. The van der Waals surface area contributed by atoms with Crippen molar-refractivity contribution in [2.75, 3.05) is 18.8 Å². The van der Waals surface area contributed by atoms with Crippen LogP contribution in [-0.4, -0.2) is 38.0 Å². The van der Waals surface area contributed by atoms with Gasteiger partial charge < -0.3 is 4.90 Å². The zero-order valence-electron chi connectivity index (χ0n) is 16.0. The van der Waals surface area contributed by atoms with Gasteiger partial charge in [0, 0.05) is 24.4 Å². The van der Waals surface area contributed by atoms with Gasteiger partial charge in [-0.3, -0.25) is 0 Å². The summed E-state index contributed by atoms with van der Waals surface area (Å²) in [5.74, 6) is 0.987. The van der Waals surface area contributed by atoms with E-state index in [1.54, 1.807) is 0 Å². The van der Waals surface area contributed by atoms with Crippen LogP contribution in [0.25, 0.3) is 0 Å². The van der Waals surface area contributed by atoms with Crippen LogP contribution in [0.2, 0.25) is 0 Å². The molecular formula is C23H26N2O2S. The van der Waals surface area contributed by atoms with Gasteiger partial charge in [0.15, 0.2) is 0 Å². The molecule has 28 heavy (non-hydrogen) atoms. The van der Waals surface area contributed by atoms with E-state index in [4.69, 9.17) is 0 Å². The number of benzene rings is 2. The van der Waals surface area contributed by atoms with Gasteiger partial charge in [-0.2, -0.15) is 0 Å². The maximum absolute atomic E-state index is 12.1. The molecule has 2 aromatic rings. The summed E-state index contributed by atoms with van der Waals surface area (Å²) in [5, 5.41) is 0. The molecule has 5 heteroatoms. The molecule has 2 aromatic carbocycles. The number of piperidine rings is 1. The smallest absolute Gasteiger partial charge is 0.256 e. The molecule has 2 aliphatic heterocycles. The van der Waals surface area contributed by atoms with Crippen molar-refractivity contribution in [2.24, 2.45) is 4.40 Å². The molecule has 1 saturated carbocycles. The molecule has 2 heterocycles. The van der Waals surface area contributed by atoms with Crippen molar-refractivity contribution in [3.8, 4) is 0 Å². The van der Waals surface area contributed by atoms with Gasteiger partial charge in [-0.15, -0.1) is 4.40 Å². The van der Waals surface area contributed by atoms with E-state index in [9.17, 15) is 8.42 Å². The highest BCUT2D eigenvalue weighted by molar-refractivity contribution is 7.90. The van der Waals surface area contributed by atoms with Crippen molar-refractivity contribution in [1.29, 1.82) is 0 Å². The highest BCUT2D eigenvalue weighted by atomic mass is 32.2. The fourth-order valence-corrected chi connectivity index (χ4v) is 6.16. The Bertz CT molecular complexity index is 993. The zero-order valence-corrected chi connectivity index (χ0v) is 16.9. The second-order valence-corrected chi connectivity index (χ2v) is 10.1. The van der Waals surface area contributed by atoms with Crippen LogP contribution in [0.15, 0.2) is 59.0 Å². The second kappa shape index (κ2) is 6.73. The van der Waals surface area contributed by atoms with Crippen molar-refractivity contribution in [3.63, 3.8) is 0 Å². The summed E-state index contributed by atoms with van der Waals surface area (Å²) in [6, 6.07) is 19.8. The van der Waals surface area contributed by atoms with E-state index in [0.717, 1.165) is 25.2 Å². The van der Waals surface area contributed by atoms with Gasteiger partial charge in [0.2, 0.25) is 0 Å². The van der Waals surface area contributed by atoms with Crippen molar-refractivity contribution in [3.05, 3.63) is 71.3 Å². The first kappa shape index (κ1) is 17.9. The van der Waals surface area contributed by atoms with E-state index in [1.807, 2.05) is 0 Å². The molecule has 3 aliphatic rings. The minimum atomic E-state index is -3.31. The Hall–Kier alpha value is -2.14. The van der Waals surface area contributed by atoms with Crippen LogP contribution >= 0.6 is 0 Å². The fraction of sp³-hybridized carbons (Fsp3) is 0.435. The maximum Gasteiger partial charge on any atom is 0.256 e. The van der Waals surface area contributed by atoms with Crippen molar-refractivity contribution in [2.45, 2.75) is 43.4 Å². The maximum atomic E-state index is 12.1. The molecular weight excluding hydrogens is 368 g/mol. The van der Waals surface area contributed by atoms with Crippen molar-refractivity contribution in [1.82, 2.24) is 4.90 Å². The lowest BCUT2D eigenvalue weighted by atomic mass is 9.60. The topological polar surface area (TPSA) is 49.7 Å². The Labute approximate surface area is 167 Å². The Morgan fingerprint density at radius 2 is 1.61 bits per heavy atom. The lowest BCUT2D eigenvalue weighted by Crippen LogP contribution is -2.46. The van der Waals surface area contributed by atoms with Crippen LogP contribution in [0.1, 0.15) is 54.7 Å². The summed E-state index contributed by atoms with van der Waals surface area (Å²) in [6.45, 7) is 1.49. The lowest BCUT2D eigenvalue weighted by Gasteiger charge is -2.43. The summed E-state index contributed by atoms with van der Waals surface area (Å²) in [6.07, 6.45) is 5.70. The number of fused-ring (bicyclic) bond motifs is 1. The molecule has 0 aromatic heterocycles. The third kappa shape index (κ3) is 2.96. The van der Waals surface area contributed by atoms with Gasteiger partial charge in [0.25, 0.3) is 10.0 Å². The zero-order chi connectivity index (χ0) is 19.2. The monoisotopic (exact) mass is 394 g/mol. The molecule has 4 nitrogen and oxygen atoms in total. The molecule has 1 saturated heterocycles. The summed E-state index contributed by atoms with van der Waals surface area (Å²) in [4.78, 5) is 2.17. The first-order valence-electron chi connectivity index (χ1n) is 10.3. The van der Waals surface area contributed by atoms with Gasteiger partial charge >= 0.3 is 0 Å². The first-order valence-corrected chi connectivity index (χ1v) is 11.9. The molecule has 0 spiro atoms. The SMILES string of the molecule is O=S1(=O)CCN2CCCC(c3ccc(C4(c5ccccc5)CCC4)cc3)C2=N1. The number of sulfonamides is 1. The Morgan fingerprint density at radius 1 is 0.893 bits per heavy atom. The summed E-state index contributed by atoms with van der Waals surface area (Å²) < 4.78 is 28.3. The van der Waals surface area contributed by atoms with E-state index in [-0.39, 0.29) is 17.1 Å². The number of nitrogens with zero attached hydrogens (tertiary/aromatic N) is 2. The van der Waals surface area contributed by atoms with Crippen molar-refractivity contribution < 1.29 is 8.42 Å². The highest BCUT2D eigenvalue weighted by Gasteiger charge is 2.40. The quantitative estimate of drug-likeness (QED) is 0.788. The van der Waals surface area contributed by atoms with Gasteiger partial charge in [-0.25, -0.2) is 8.42 Å². The van der Waals surface area contributed by atoms with E-state index in [2.05, 4.69) is 63.9 Å².